The Morgan fingerprint density at radius 2 is 1.70 bits per heavy atom. The summed E-state index contributed by atoms with van der Waals surface area (Å²) in [7, 11) is 1.59. The van der Waals surface area contributed by atoms with E-state index in [2.05, 4.69) is 4.98 Å². The van der Waals surface area contributed by atoms with Crippen LogP contribution in [0.4, 0.5) is 0 Å². The molecule has 150 valence electrons. The fourth-order valence-electron chi connectivity index (χ4n) is 4.40. The fraction of sp³-hybridized carbons (Fsp3) is 0.167. The first-order chi connectivity index (χ1) is 14.7. The van der Waals surface area contributed by atoms with E-state index in [1.54, 1.807) is 19.2 Å². The molecule has 0 amide bonds. The van der Waals surface area contributed by atoms with Gasteiger partial charge in [0.1, 0.15) is 11.5 Å². The zero-order valence-corrected chi connectivity index (χ0v) is 16.3. The van der Waals surface area contributed by atoms with Crippen LogP contribution in [-0.2, 0) is 0 Å². The third-order valence-corrected chi connectivity index (χ3v) is 5.80. The minimum atomic E-state index is -0.979. The monoisotopic (exact) mass is 400 g/mol. The fourth-order valence-corrected chi connectivity index (χ4v) is 4.40. The molecule has 30 heavy (non-hydrogen) atoms. The molecule has 1 aliphatic heterocycles. The van der Waals surface area contributed by atoms with E-state index in [1.807, 2.05) is 66.9 Å². The van der Waals surface area contributed by atoms with Gasteiger partial charge in [0.25, 0.3) is 6.04 Å². The first kappa shape index (κ1) is 18.2. The van der Waals surface area contributed by atoms with Crippen molar-refractivity contribution in [3.8, 4) is 11.5 Å². The first-order valence-corrected chi connectivity index (χ1v) is 9.76. The van der Waals surface area contributed by atoms with Gasteiger partial charge in [-0.05, 0) is 35.4 Å². The number of aromatic nitrogens is 1. The number of methoxy groups -OCH3 is 1. The number of nitro groups is 1. The summed E-state index contributed by atoms with van der Waals surface area (Å²) in [4.78, 5) is 15.5. The third kappa shape index (κ3) is 2.88. The van der Waals surface area contributed by atoms with E-state index in [0.717, 1.165) is 27.6 Å². The predicted molar refractivity (Wildman–Crippen MR) is 114 cm³/mol. The van der Waals surface area contributed by atoms with Crippen molar-refractivity contribution in [2.75, 3.05) is 7.11 Å². The number of nitrogens with zero attached hydrogens (tertiary/aromatic N) is 1. The Morgan fingerprint density at radius 3 is 2.47 bits per heavy atom. The lowest BCUT2D eigenvalue weighted by molar-refractivity contribution is -0.538. The predicted octanol–water partition coefficient (Wildman–Crippen LogP) is 5.09. The standard InChI is InChI=1S/C24H20N2O4/c1-29-16-12-10-15(11-13-16)24-23(26(27)28)22(18-7-3-5-9-21(18)30-24)19-14-25-20-8-4-2-6-17(19)20/h2-14,22-25H,1H3/t22-,23-,24-/m0/s1. The van der Waals surface area contributed by atoms with E-state index in [0.29, 0.717) is 11.5 Å². The maximum Gasteiger partial charge on any atom is 0.264 e. The smallest absolute Gasteiger partial charge is 0.264 e. The molecule has 0 fully saturated rings. The van der Waals surface area contributed by atoms with Crippen molar-refractivity contribution in [1.82, 2.24) is 4.98 Å². The highest BCUT2D eigenvalue weighted by atomic mass is 16.6. The Morgan fingerprint density at radius 1 is 0.967 bits per heavy atom. The van der Waals surface area contributed by atoms with Gasteiger partial charge in [0.2, 0.25) is 0 Å². The van der Waals surface area contributed by atoms with Crippen LogP contribution in [0.1, 0.15) is 28.7 Å². The zero-order valence-electron chi connectivity index (χ0n) is 16.3. The molecule has 1 aliphatic rings. The molecular weight excluding hydrogens is 380 g/mol. The summed E-state index contributed by atoms with van der Waals surface area (Å²) < 4.78 is 11.4. The summed E-state index contributed by atoms with van der Waals surface area (Å²) in [6.45, 7) is 0. The lowest BCUT2D eigenvalue weighted by atomic mass is 9.78. The number of ether oxygens (including phenoxy) is 2. The van der Waals surface area contributed by atoms with E-state index < -0.39 is 18.1 Å². The quantitative estimate of drug-likeness (QED) is 0.382. The molecule has 0 radical (unpaired) electrons. The van der Waals surface area contributed by atoms with Crippen LogP contribution in [0, 0.1) is 10.1 Å². The van der Waals surface area contributed by atoms with Crippen molar-refractivity contribution in [1.29, 1.82) is 0 Å². The van der Waals surface area contributed by atoms with Gasteiger partial charge >= 0.3 is 0 Å². The molecule has 1 N–H and O–H groups in total. The third-order valence-electron chi connectivity index (χ3n) is 5.80. The Kier molecular flexibility index (Phi) is 4.39. The maximum atomic E-state index is 12.4. The maximum absolute atomic E-state index is 12.4. The topological polar surface area (TPSA) is 77.4 Å². The zero-order chi connectivity index (χ0) is 20.7. The molecule has 3 atom stereocenters. The second-order valence-corrected chi connectivity index (χ2v) is 7.39. The van der Waals surface area contributed by atoms with Gasteiger partial charge in [-0.1, -0.05) is 48.5 Å². The molecule has 2 heterocycles. The van der Waals surface area contributed by atoms with Crippen LogP contribution in [0.25, 0.3) is 10.9 Å². The van der Waals surface area contributed by atoms with Crippen molar-refractivity contribution in [2.45, 2.75) is 18.1 Å². The van der Waals surface area contributed by atoms with E-state index >= 15 is 0 Å². The highest BCUT2D eigenvalue weighted by Gasteiger charge is 2.48. The molecule has 5 rings (SSSR count). The molecule has 0 saturated carbocycles. The Labute approximate surface area is 173 Å². The Balaban J connectivity index is 1.71. The molecule has 6 nitrogen and oxygen atoms in total. The van der Waals surface area contributed by atoms with E-state index in [-0.39, 0.29) is 4.92 Å². The molecule has 4 aromatic rings. The van der Waals surface area contributed by atoms with Gasteiger partial charge in [-0.3, -0.25) is 10.1 Å². The SMILES string of the molecule is COc1ccc([C@@H]2Oc3ccccc3[C@@H](c3c[nH]c4ccccc34)[C@@H]2[N+](=O)[O-])cc1. The van der Waals surface area contributed by atoms with Crippen LogP contribution in [0.15, 0.2) is 79.0 Å². The number of nitrogens with one attached hydrogen (secondary N) is 1. The second kappa shape index (κ2) is 7.22. The first-order valence-electron chi connectivity index (χ1n) is 9.76. The summed E-state index contributed by atoms with van der Waals surface area (Å²) in [6, 6.07) is 21.8. The molecule has 0 spiro atoms. The van der Waals surface area contributed by atoms with Crippen LogP contribution in [0.5, 0.6) is 11.5 Å². The van der Waals surface area contributed by atoms with Crippen molar-refractivity contribution < 1.29 is 14.4 Å². The molecule has 6 heteroatoms. The largest absolute Gasteiger partial charge is 0.497 e. The Hall–Kier alpha value is -3.80. The van der Waals surface area contributed by atoms with Gasteiger partial charge in [-0.2, -0.15) is 0 Å². The van der Waals surface area contributed by atoms with Crippen LogP contribution in [0.3, 0.4) is 0 Å². The number of para-hydroxylation sites is 2. The van der Waals surface area contributed by atoms with Crippen molar-refractivity contribution in [3.63, 3.8) is 0 Å². The molecule has 0 aliphatic carbocycles. The molecule has 0 saturated heterocycles. The van der Waals surface area contributed by atoms with Gasteiger partial charge in [-0.15, -0.1) is 0 Å². The number of rotatable bonds is 4. The van der Waals surface area contributed by atoms with Gasteiger partial charge in [0.15, 0.2) is 6.10 Å². The van der Waals surface area contributed by atoms with Gasteiger partial charge in [0, 0.05) is 27.6 Å². The lowest BCUT2D eigenvalue weighted by Gasteiger charge is -2.34. The summed E-state index contributed by atoms with van der Waals surface area (Å²) >= 11 is 0. The average Bonchev–Trinajstić information content (AvgIpc) is 3.21. The number of hydrogen-bond acceptors (Lipinski definition) is 4. The highest BCUT2D eigenvalue weighted by Crippen LogP contribution is 2.48. The van der Waals surface area contributed by atoms with Crippen LogP contribution in [0.2, 0.25) is 0 Å². The summed E-state index contributed by atoms with van der Waals surface area (Å²) in [6.07, 6.45) is 1.17. The average molecular weight is 400 g/mol. The normalized spacial score (nSPS) is 20.4. The summed E-state index contributed by atoms with van der Waals surface area (Å²) in [5.74, 6) is 0.917. The number of aromatic amines is 1. The summed E-state index contributed by atoms with van der Waals surface area (Å²) in [5.41, 5.74) is 3.44. The van der Waals surface area contributed by atoms with Gasteiger partial charge in [-0.25, -0.2) is 0 Å². The number of fused-ring (bicyclic) bond motifs is 2. The lowest BCUT2D eigenvalue weighted by Crippen LogP contribution is -2.40. The van der Waals surface area contributed by atoms with E-state index in [1.165, 1.54) is 0 Å². The number of H-pyrrole nitrogens is 1. The van der Waals surface area contributed by atoms with Crippen LogP contribution >= 0.6 is 0 Å². The minimum absolute atomic E-state index is 0.211. The summed E-state index contributed by atoms with van der Waals surface area (Å²) in [5, 5.41) is 13.4. The van der Waals surface area contributed by atoms with Crippen LogP contribution in [-0.4, -0.2) is 23.1 Å². The van der Waals surface area contributed by atoms with Crippen molar-refractivity contribution >= 4 is 10.9 Å². The molecule has 0 unspecified atom stereocenters. The van der Waals surface area contributed by atoms with Crippen molar-refractivity contribution in [2.24, 2.45) is 0 Å². The molecule has 0 bridgehead atoms. The van der Waals surface area contributed by atoms with E-state index in [4.69, 9.17) is 9.47 Å². The molecule has 1 aromatic heterocycles. The van der Waals surface area contributed by atoms with Gasteiger partial charge in [0.05, 0.1) is 13.0 Å². The van der Waals surface area contributed by atoms with Crippen LogP contribution < -0.4 is 9.47 Å². The van der Waals surface area contributed by atoms with Gasteiger partial charge < -0.3 is 14.5 Å². The highest BCUT2D eigenvalue weighted by molar-refractivity contribution is 5.84. The Bertz CT molecular complexity index is 1220. The second-order valence-electron chi connectivity index (χ2n) is 7.39. The molecule has 3 aromatic carbocycles. The van der Waals surface area contributed by atoms with Crippen molar-refractivity contribution in [3.05, 3.63) is 106 Å². The number of hydrogen-bond donors (Lipinski definition) is 1. The van der Waals surface area contributed by atoms with E-state index in [9.17, 15) is 10.1 Å². The minimum Gasteiger partial charge on any atom is -0.497 e. The molecular formula is C24H20N2O4. The number of benzene rings is 3.